The van der Waals surface area contributed by atoms with Gasteiger partial charge >= 0.3 is 5.97 Å². The molecule has 0 saturated carbocycles. The van der Waals surface area contributed by atoms with Gasteiger partial charge in [-0.3, -0.25) is 4.79 Å². The molecule has 6 heteroatoms. The second kappa shape index (κ2) is 9.71. The van der Waals surface area contributed by atoms with Gasteiger partial charge in [0.2, 0.25) is 0 Å². The maximum atomic E-state index is 13.2. The van der Waals surface area contributed by atoms with Gasteiger partial charge in [0.15, 0.2) is 0 Å². The second-order valence-electron chi connectivity index (χ2n) is 6.39. The van der Waals surface area contributed by atoms with Gasteiger partial charge in [0, 0.05) is 5.56 Å². The SMILES string of the molecule is CCOc1ccc(C(=O)NC(C(=O)OCc2cccc(F)c2)C(C)C)cc1. The summed E-state index contributed by atoms with van der Waals surface area (Å²) in [5.41, 5.74) is 0.964. The molecule has 1 unspecified atom stereocenters. The highest BCUT2D eigenvalue weighted by Crippen LogP contribution is 2.14. The lowest BCUT2D eigenvalue weighted by Gasteiger charge is -2.21. The van der Waals surface area contributed by atoms with Crippen molar-refractivity contribution < 1.29 is 23.5 Å². The molecule has 1 N–H and O–H groups in total. The minimum atomic E-state index is -0.808. The van der Waals surface area contributed by atoms with Crippen molar-refractivity contribution in [2.75, 3.05) is 6.61 Å². The van der Waals surface area contributed by atoms with Crippen molar-refractivity contribution in [1.29, 1.82) is 0 Å². The van der Waals surface area contributed by atoms with Crippen LogP contribution in [0.3, 0.4) is 0 Å². The molecule has 2 rings (SSSR count). The van der Waals surface area contributed by atoms with Gasteiger partial charge in [-0.15, -0.1) is 0 Å². The number of esters is 1. The third-order valence-corrected chi connectivity index (χ3v) is 3.90. The van der Waals surface area contributed by atoms with E-state index in [1.807, 2.05) is 20.8 Å². The fourth-order valence-corrected chi connectivity index (χ4v) is 2.46. The quantitative estimate of drug-likeness (QED) is 0.716. The normalized spacial score (nSPS) is 11.7. The molecule has 0 aromatic heterocycles. The van der Waals surface area contributed by atoms with Gasteiger partial charge in [-0.2, -0.15) is 0 Å². The Labute approximate surface area is 158 Å². The molecule has 0 spiro atoms. The van der Waals surface area contributed by atoms with Crippen molar-refractivity contribution in [2.45, 2.75) is 33.4 Å². The summed E-state index contributed by atoms with van der Waals surface area (Å²) in [5.74, 6) is -0.832. The van der Waals surface area contributed by atoms with Crippen molar-refractivity contribution in [3.8, 4) is 5.75 Å². The number of hydrogen-bond acceptors (Lipinski definition) is 4. The van der Waals surface area contributed by atoms with Crippen molar-refractivity contribution in [3.05, 3.63) is 65.5 Å². The van der Waals surface area contributed by atoms with Crippen LogP contribution in [0.5, 0.6) is 5.75 Å². The summed E-state index contributed by atoms with van der Waals surface area (Å²) in [7, 11) is 0. The summed E-state index contributed by atoms with van der Waals surface area (Å²) in [6.45, 7) is 5.99. The van der Waals surface area contributed by atoms with E-state index in [-0.39, 0.29) is 18.4 Å². The number of carbonyl (C=O) groups is 2. The minimum Gasteiger partial charge on any atom is -0.494 e. The summed E-state index contributed by atoms with van der Waals surface area (Å²) >= 11 is 0. The second-order valence-corrected chi connectivity index (χ2v) is 6.39. The van der Waals surface area contributed by atoms with Gasteiger partial charge in [-0.05, 0) is 54.8 Å². The Morgan fingerprint density at radius 3 is 2.41 bits per heavy atom. The Hall–Kier alpha value is -2.89. The van der Waals surface area contributed by atoms with E-state index in [1.165, 1.54) is 12.1 Å². The molecule has 5 nitrogen and oxygen atoms in total. The van der Waals surface area contributed by atoms with E-state index in [4.69, 9.17) is 9.47 Å². The first-order chi connectivity index (χ1) is 12.9. The lowest BCUT2D eigenvalue weighted by Crippen LogP contribution is -2.45. The summed E-state index contributed by atoms with van der Waals surface area (Å²) in [6.07, 6.45) is 0. The largest absolute Gasteiger partial charge is 0.494 e. The van der Waals surface area contributed by atoms with E-state index in [0.717, 1.165) is 0 Å². The molecule has 0 heterocycles. The van der Waals surface area contributed by atoms with E-state index in [9.17, 15) is 14.0 Å². The highest BCUT2D eigenvalue weighted by atomic mass is 19.1. The van der Waals surface area contributed by atoms with E-state index < -0.39 is 17.8 Å². The fraction of sp³-hybridized carbons (Fsp3) is 0.333. The number of ether oxygens (including phenoxy) is 2. The maximum absolute atomic E-state index is 13.2. The molecular weight excluding hydrogens is 349 g/mol. The van der Waals surface area contributed by atoms with E-state index in [1.54, 1.807) is 36.4 Å². The highest BCUT2D eigenvalue weighted by Gasteiger charge is 2.26. The molecule has 0 fully saturated rings. The molecule has 2 aromatic carbocycles. The van der Waals surface area contributed by atoms with Gasteiger partial charge in [-0.1, -0.05) is 26.0 Å². The predicted octanol–water partition coefficient (Wildman–Crippen LogP) is 3.72. The molecule has 1 atom stereocenters. The number of rotatable bonds is 8. The van der Waals surface area contributed by atoms with Crippen LogP contribution in [0.25, 0.3) is 0 Å². The predicted molar refractivity (Wildman–Crippen MR) is 99.9 cm³/mol. The van der Waals surface area contributed by atoms with Crippen LogP contribution in [0.15, 0.2) is 48.5 Å². The highest BCUT2D eigenvalue weighted by molar-refractivity contribution is 5.96. The number of amides is 1. The van der Waals surface area contributed by atoms with E-state index in [2.05, 4.69) is 5.32 Å². The summed E-state index contributed by atoms with van der Waals surface area (Å²) in [4.78, 5) is 24.8. The molecule has 0 saturated heterocycles. The van der Waals surface area contributed by atoms with Crippen molar-refractivity contribution in [3.63, 3.8) is 0 Å². The first kappa shape index (κ1) is 20.4. The minimum absolute atomic E-state index is 0.0568. The molecule has 144 valence electrons. The van der Waals surface area contributed by atoms with Crippen molar-refractivity contribution in [1.82, 2.24) is 5.32 Å². The third kappa shape index (κ3) is 6.09. The van der Waals surface area contributed by atoms with Crippen LogP contribution in [0.1, 0.15) is 36.7 Å². The zero-order valence-electron chi connectivity index (χ0n) is 15.7. The number of halogens is 1. The average molecular weight is 373 g/mol. The molecule has 0 bridgehead atoms. The molecule has 0 radical (unpaired) electrons. The molecular formula is C21H24FNO4. The first-order valence-corrected chi connectivity index (χ1v) is 8.85. The Kier molecular flexibility index (Phi) is 7.34. The molecule has 27 heavy (non-hydrogen) atoms. The Morgan fingerprint density at radius 2 is 1.81 bits per heavy atom. The van der Waals surface area contributed by atoms with Gasteiger partial charge in [0.1, 0.15) is 24.2 Å². The van der Waals surface area contributed by atoms with Crippen LogP contribution in [-0.4, -0.2) is 24.5 Å². The van der Waals surface area contributed by atoms with Gasteiger partial charge in [-0.25, -0.2) is 9.18 Å². The molecule has 0 aliphatic heterocycles. The van der Waals surface area contributed by atoms with Crippen LogP contribution < -0.4 is 10.1 Å². The smallest absolute Gasteiger partial charge is 0.329 e. The zero-order chi connectivity index (χ0) is 19.8. The monoisotopic (exact) mass is 373 g/mol. The van der Waals surface area contributed by atoms with Gasteiger partial charge < -0.3 is 14.8 Å². The number of hydrogen-bond donors (Lipinski definition) is 1. The Balaban J connectivity index is 1.98. The molecule has 0 aliphatic carbocycles. The molecule has 2 aromatic rings. The molecule has 1 amide bonds. The average Bonchev–Trinajstić information content (AvgIpc) is 2.64. The summed E-state index contributed by atoms with van der Waals surface area (Å²) < 4.78 is 23.8. The standard InChI is InChI=1S/C21H24FNO4/c1-4-26-18-10-8-16(9-11-18)20(24)23-19(14(2)3)21(25)27-13-15-6-5-7-17(22)12-15/h5-12,14,19H,4,13H2,1-3H3,(H,23,24). The summed E-state index contributed by atoms with van der Waals surface area (Å²) in [5, 5.41) is 2.70. The maximum Gasteiger partial charge on any atom is 0.329 e. The van der Waals surface area contributed by atoms with Crippen LogP contribution in [0.4, 0.5) is 4.39 Å². The lowest BCUT2D eigenvalue weighted by molar-refractivity contribution is -0.148. The Bertz CT molecular complexity index is 774. The van der Waals surface area contributed by atoms with Crippen molar-refractivity contribution in [2.24, 2.45) is 5.92 Å². The van der Waals surface area contributed by atoms with Crippen LogP contribution in [0.2, 0.25) is 0 Å². The lowest BCUT2D eigenvalue weighted by atomic mass is 10.0. The van der Waals surface area contributed by atoms with E-state index in [0.29, 0.717) is 23.5 Å². The number of benzene rings is 2. The third-order valence-electron chi connectivity index (χ3n) is 3.90. The van der Waals surface area contributed by atoms with E-state index >= 15 is 0 Å². The fourth-order valence-electron chi connectivity index (χ4n) is 2.46. The van der Waals surface area contributed by atoms with Crippen LogP contribution in [-0.2, 0) is 16.1 Å². The topological polar surface area (TPSA) is 64.6 Å². The van der Waals surface area contributed by atoms with Crippen molar-refractivity contribution >= 4 is 11.9 Å². The molecule has 0 aliphatic rings. The number of nitrogens with one attached hydrogen (secondary N) is 1. The summed E-state index contributed by atoms with van der Waals surface area (Å²) in [6, 6.07) is 11.7. The van der Waals surface area contributed by atoms with Crippen LogP contribution >= 0.6 is 0 Å². The first-order valence-electron chi connectivity index (χ1n) is 8.85. The van der Waals surface area contributed by atoms with Crippen LogP contribution in [0, 0.1) is 11.7 Å². The zero-order valence-corrected chi connectivity index (χ0v) is 15.7. The van der Waals surface area contributed by atoms with Gasteiger partial charge in [0.05, 0.1) is 6.61 Å². The Morgan fingerprint density at radius 1 is 1.11 bits per heavy atom. The van der Waals surface area contributed by atoms with Gasteiger partial charge in [0.25, 0.3) is 5.91 Å². The number of carbonyl (C=O) groups excluding carboxylic acids is 2.